The van der Waals surface area contributed by atoms with Gasteiger partial charge in [-0.15, -0.1) is 5.17 Å². The molecule has 0 heterocycles. The Hall–Kier alpha value is -1.68. The predicted octanol–water partition coefficient (Wildman–Crippen LogP) is 1.41. The highest BCUT2D eigenvalue weighted by Gasteiger charge is 2.05. The fourth-order valence-electron chi connectivity index (χ4n) is 0.905. The molecule has 1 aromatic carbocycles. The topological polar surface area (TPSA) is 64.5 Å². The summed E-state index contributed by atoms with van der Waals surface area (Å²) in [5.41, 5.74) is 6.84. The van der Waals surface area contributed by atoms with Crippen molar-refractivity contribution in [3.63, 3.8) is 0 Å². The predicted molar refractivity (Wildman–Crippen MR) is 53.4 cm³/mol. The van der Waals surface area contributed by atoms with Crippen LogP contribution in [0.5, 0.6) is 0 Å². The van der Waals surface area contributed by atoms with Crippen molar-refractivity contribution in [1.82, 2.24) is 0 Å². The highest BCUT2D eigenvalue weighted by atomic mass is 16.7. The summed E-state index contributed by atoms with van der Waals surface area (Å²) in [5, 5.41) is 1.09. The van der Waals surface area contributed by atoms with Crippen molar-refractivity contribution in [2.24, 2.45) is 5.84 Å². The number of rotatable bonds is 3. The molecule has 1 rings (SSSR count). The summed E-state index contributed by atoms with van der Waals surface area (Å²) in [4.78, 5) is 5.05. The minimum Gasteiger partial charge on any atom is -0.397 e. The van der Waals surface area contributed by atoms with Crippen LogP contribution in [0, 0.1) is 0 Å². The van der Waals surface area contributed by atoms with Crippen LogP contribution >= 0.6 is 0 Å². The lowest BCUT2D eigenvalue weighted by Gasteiger charge is -2.19. The lowest BCUT2D eigenvalue weighted by atomic mass is 10.3. The highest BCUT2D eigenvalue weighted by Crippen LogP contribution is 2.20. The van der Waals surface area contributed by atoms with Crippen molar-refractivity contribution in [2.45, 2.75) is 6.92 Å². The second-order valence-corrected chi connectivity index (χ2v) is 2.68. The first-order valence-corrected chi connectivity index (χ1v) is 3.84. The summed E-state index contributed by atoms with van der Waals surface area (Å²) in [5.74, 6) is 6.07. The highest BCUT2D eigenvalue weighted by molar-refractivity contribution is 5.65. The maximum absolute atomic E-state index is 5.67. The molecule has 0 radical (unpaired) electrons. The minimum absolute atomic E-state index is 0.505. The maximum atomic E-state index is 5.67. The number of hydrogen-bond acceptors (Lipinski definition) is 4. The second-order valence-electron chi connectivity index (χ2n) is 2.68. The van der Waals surface area contributed by atoms with Crippen LogP contribution in [0.2, 0.25) is 0 Å². The van der Waals surface area contributed by atoms with Gasteiger partial charge in [0.1, 0.15) is 11.4 Å². The van der Waals surface area contributed by atoms with Crippen molar-refractivity contribution in [3.05, 3.63) is 36.6 Å². The Morgan fingerprint density at radius 2 is 2.08 bits per heavy atom. The molecule has 0 saturated heterocycles. The van der Waals surface area contributed by atoms with Crippen molar-refractivity contribution < 1.29 is 4.84 Å². The number of nitrogen functional groups attached to an aromatic ring is 1. The molecule has 0 saturated carbocycles. The van der Waals surface area contributed by atoms with E-state index in [9.17, 15) is 0 Å². The third-order valence-electron chi connectivity index (χ3n) is 1.43. The number of hydrogen-bond donors (Lipinski definition) is 2. The molecule has 0 aromatic heterocycles. The third kappa shape index (κ3) is 2.38. The fraction of sp³-hybridized carbons (Fsp3) is 0.111. The molecule has 0 amide bonds. The van der Waals surface area contributed by atoms with E-state index in [0.29, 0.717) is 17.1 Å². The van der Waals surface area contributed by atoms with Gasteiger partial charge in [-0.25, -0.2) is 5.84 Å². The number of para-hydroxylation sites is 2. The molecule has 0 aliphatic rings. The van der Waals surface area contributed by atoms with Crippen LogP contribution in [0.1, 0.15) is 6.92 Å². The molecule has 4 N–H and O–H groups in total. The van der Waals surface area contributed by atoms with Crippen LogP contribution < -0.4 is 16.7 Å². The minimum atomic E-state index is 0.505. The van der Waals surface area contributed by atoms with Gasteiger partial charge < -0.3 is 10.6 Å². The van der Waals surface area contributed by atoms with E-state index in [1.807, 2.05) is 12.1 Å². The van der Waals surface area contributed by atoms with Gasteiger partial charge in [-0.3, -0.25) is 0 Å². The fourth-order valence-corrected chi connectivity index (χ4v) is 0.905. The van der Waals surface area contributed by atoms with E-state index in [1.165, 1.54) is 0 Å². The first kappa shape index (κ1) is 9.41. The van der Waals surface area contributed by atoms with Crippen molar-refractivity contribution >= 4 is 11.4 Å². The SMILES string of the molecule is C=C(C)ON(N)c1ccccc1N. The first-order chi connectivity index (χ1) is 6.11. The Morgan fingerprint density at radius 3 is 2.62 bits per heavy atom. The number of nitrogens with zero attached hydrogens (tertiary/aromatic N) is 1. The molecule has 4 nitrogen and oxygen atoms in total. The van der Waals surface area contributed by atoms with E-state index >= 15 is 0 Å². The van der Waals surface area contributed by atoms with Crippen LogP contribution in [0.25, 0.3) is 0 Å². The van der Waals surface area contributed by atoms with Crippen LogP contribution in [0.3, 0.4) is 0 Å². The van der Waals surface area contributed by atoms with E-state index in [0.717, 1.165) is 5.17 Å². The molecular weight excluding hydrogens is 166 g/mol. The van der Waals surface area contributed by atoms with E-state index in [2.05, 4.69) is 6.58 Å². The van der Waals surface area contributed by atoms with E-state index in [4.69, 9.17) is 16.4 Å². The van der Waals surface area contributed by atoms with E-state index in [-0.39, 0.29) is 0 Å². The molecule has 0 atom stereocenters. The molecule has 13 heavy (non-hydrogen) atoms. The molecule has 0 bridgehead atoms. The zero-order valence-electron chi connectivity index (χ0n) is 7.53. The van der Waals surface area contributed by atoms with Gasteiger partial charge in [-0.05, 0) is 19.1 Å². The van der Waals surface area contributed by atoms with Crippen LogP contribution in [0.15, 0.2) is 36.6 Å². The van der Waals surface area contributed by atoms with Gasteiger partial charge in [0.05, 0.1) is 5.69 Å². The molecule has 0 aliphatic carbocycles. The lowest BCUT2D eigenvalue weighted by Crippen LogP contribution is -2.30. The van der Waals surface area contributed by atoms with Crippen LogP contribution in [0.4, 0.5) is 11.4 Å². The van der Waals surface area contributed by atoms with Gasteiger partial charge >= 0.3 is 0 Å². The molecule has 0 spiro atoms. The van der Waals surface area contributed by atoms with Gasteiger partial charge in [0.2, 0.25) is 0 Å². The Labute approximate surface area is 77.3 Å². The number of hydrazine groups is 1. The summed E-state index contributed by atoms with van der Waals surface area (Å²) in [7, 11) is 0. The summed E-state index contributed by atoms with van der Waals surface area (Å²) in [6.07, 6.45) is 0. The summed E-state index contributed by atoms with van der Waals surface area (Å²) in [6, 6.07) is 7.16. The quantitative estimate of drug-likeness (QED) is 0.319. The number of nitrogens with two attached hydrogens (primary N) is 2. The molecule has 1 aromatic rings. The summed E-state index contributed by atoms with van der Waals surface area (Å²) >= 11 is 0. The largest absolute Gasteiger partial charge is 0.397 e. The first-order valence-electron chi connectivity index (χ1n) is 3.84. The van der Waals surface area contributed by atoms with Crippen molar-refractivity contribution in [2.75, 3.05) is 10.9 Å². The second kappa shape index (κ2) is 3.82. The molecule has 0 aliphatic heterocycles. The Kier molecular flexibility index (Phi) is 2.76. The average molecular weight is 179 g/mol. The Balaban J connectivity index is 2.82. The number of anilines is 2. The molecule has 70 valence electrons. The zero-order chi connectivity index (χ0) is 9.84. The number of allylic oxidation sites excluding steroid dienone is 1. The number of benzene rings is 1. The molecule has 4 heteroatoms. The van der Waals surface area contributed by atoms with E-state index in [1.54, 1.807) is 19.1 Å². The van der Waals surface area contributed by atoms with Gasteiger partial charge in [0.25, 0.3) is 0 Å². The average Bonchev–Trinajstić information content (AvgIpc) is 2.03. The lowest BCUT2D eigenvalue weighted by molar-refractivity contribution is 0.185. The van der Waals surface area contributed by atoms with E-state index < -0.39 is 0 Å². The standard InChI is InChI=1S/C9H13N3O/c1-7(2)13-12(11)9-6-4-3-5-8(9)10/h3-6H,1,10-11H2,2H3. The monoisotopic (exact) mass is 179 g/mol. The van der Waals surface area contributed by atoms with Gasteiger partial charge in [-0.2, -0.15) is 0 Å². The maximum Gasteiger partial charge on any atom is 0.124 e. The molecule has 0 unspecified atom stereocenters. The normalized spacial score (nSPS) is 9.38. The van der Waals surface area contributed by atoms with Gasteiger partial charge in [0, 0.05) is 0 Å². The summed E-state index contributed by atoms with van der Waals surface area (Å²) in [6.45, 7) is 5.27. The Morgan fingerprint density at radius 1 is 1.46 bits per heavy atom. The summed E-state index contributed by atoms with van der Waals surface area (Å²) < 4.78 is 0. The smallest absolute Gasteiger partial charge is 0.124 e. The van der Waals surface area contributed by atoms with Crippen molar-refractivity contribution in [1.29, 1.82) is 0 Å². The zero-order valence-corrected chi connectivity index (χ0v) is 7.53. The third-order valence-corrected chi connectivity index (χ3v) is 1.43. The van der Waals surface area contributed by atoms with Gasteiger partial charge in [-0.1, -0.05) is 18.7 Å². The molecule has 0 fully saturated rings. The Bertz CT molecular complexity index is 311. The van der Waals surface area contributed by atoms with Crippen LogP contribution in [-0.4, -0.2) is 0 Å². The van der Waals surface area contributed by atoms with Crippen LogP contribution in [-0.2, 0) is 4.84 Å². The van der Waals surface area contributed by atoms with Gasteiger partial charge in [0.15, 0.2) is 0 Å². The van der Waals surface area contributed by atoms with Crippen molar-refractivity contribution in [3.8, 4) is 0 Å². The molecular formula is C9H13N3O.